The smallest absolute Gasteiger partial charge is 0.250 e. The van der Waals surface area contributed by atoms with E-state index >= 15 is 0 Å². The molecule has 0 unspecified atom stereocenters. The summed E-state index contributed by atoms with van der Waals surface area (Å²) in [5, 5.41) is 3.41. The van der Waals surface area contributed by atoms with Crippen LogP contribution in [0, 0.1) is 25.7 Å². The second-order valence-electron chi connectivity index (χ2n) is 7.23. The molecule has 23 heavy (non-hydrogen) atoms. The molecule has 0 spiro atoms. The summed E-state index contributed by atoms with van der Waals surface area (Å²) >= 11 is 0. The number of rotatable bonds is 3. The van der Waals surface area contributed by atoms with Crippen molar-refractivity contribution in [2.45, 2.75) is 53.0 Å². The molecule has 3 heteroatoms. The molecule has 1 fully saturated rings. The zero-order chi connectivity index (χ0) is 16.7. The predicted molar refractivity (Wildman–Crippen MR) is 95.9 cm³/mol. The fourth-order valence-electron chi connectivity index (χ4n) is 3.67. The molecule has 0 bridgehead atoms. The van der Waals surface area contributed by atoms with Gasteiger partial charge in [0.1, 0.15) is 0 Å². The molecule has 0 saturated heterocycles. The van der Waals surface area contributed by atoms with Crippen LogP contribution in [-0.4, -0.2) is 6.04 Å². The van der Waals surface area contributed by atoms with E-state index in [0.29, 0.717) is 23.1 Å². The van der Waals surface area contributed by atoms with Gasteiger partial charge in [-0.25, -0.2) is 0 Å². The molecule has 1 saturated carbocycles. The van der Waals surface area contributed by atoms with Gasteiger partial charge in [0.05, 0.1) is 11.3 Å². The first-order valence-electron chi connectivity index (χ1n) is 8.57. The average Bonchev–Trinajstić information content (AvgIpc) is 2.53. The Labute approximate surface area is 137 Å². The van der Waals surface area contributed by atoms with Gasteiger partial charge in [0.25, 0.3) is 0 Å². The molecule has 3 nitrogen and oxygen atoms in total. The Hall–Kier alpha value is -1.90. The summed E-state index contributed by atoms with van der Waals surface area (Å²) in [6.45, 7) is 8.58. The highest BCUT2D eigenvalue weighted by atomic mass is 16.2. The van der Waals surface area contributed by atoms with Crippen LogP contribution in [0.25, 0.3) is 11.1 Å². The molecule has 3 rings (SSSR count). The quantitative estimate of drug-likeness (QED) is 0.877. The summed E-state index contributed by atoms with van der Waals surface area (Å²) in [7, 11) is 0. The van der Waals surface area contributed by atoms with Gasteiger partial charge in [0.2, 0.25) is 10.9 Å². The van der Waals surface area contributed by atoms with E-state index in [1.165, 1.54) is 18.4 Å². The summed E-state index contributed by atoms with van der Waals surface area (Å²) in [5.41, 5.74) is 3.58. The Morgan fingerprint density at radius 2 is 1.74 bits per heavy atom. The van der Waals surface area contributed by atoms with E-state index in [0.717, 1.165) is 17.5 Å². The molecule has 0 heterocycles. The van der Waals surface area contributed by atoms with Gasteiger partial charge >= 0.3 is 0 Å². The van der Waals surface area contributed by atoms with Gasteiger partial charge in [-0.15, -0.1) is 0 Å². The third-order valence-electron chi connectivity index (χ3n) is 5.74. The van der Waals surface area contributed by atoms with Gasteiger partial charge in [-0.3, -0.25) is 9.59 Å². The van der Waals surface area contributed by atoms with E-state index in [4.69, 9.17) is 0 Å². The van der Waals surface area contributed by atoms with E-state index in [2.05, 4.69) is 19.2 Å². The summed E-state index contributed by atoms with van der Waals surface area (Å²) in [6, 6.07) is 6.24. The van der Waals surface area contributed by atoms with Gasteiger partial charge < -0.3 is 5.32 Å². The highest BCUT2D eigenvalue weighted by Crippen LogP contribution is 2.33. The van der Waals surface area contributed by atoms with Crippen molar-refractivity contribution in [2.75, 3.05) is 5.32 Å². The Bertz CT molecular complexity index is 798. The van der Waals surface area contributed by atoms with Crippen molar-refractivity contribution >= 4 is 5.69 Å². The Kier molecular flexibility index (Phi) is 4.13. The van der Waals surface area contributed by atoms with Gasteiger partial charge in [-0.05, 0) is 48.8 Å². The normalized spacial score (nSPS) is 24.8. The molecule has 2 aromatic carbocycles. The third-order valence-corrected chi connectivity index (χ3v) is 5.74. The molecule has 0 radical (unpaired) electrons. The molecule has 122 valence electrons. The minimum Gasteiger partial charge on any atom is -0.378 e. The topological polar surface area (TPSA) is 46.2 Å². The number of nitrogens with one attached hydrogen (secondary N) is 1. The molecule has 0 amide bonds. The van der Waals surface area contributed by atoms with Gasteiger partial charge in [-0.2, -0.15) is 0 Å². The summed E-state index contributed by atoms with van der Waals surface area (Å²) in [5.74, 6) is 1.17. The highest BCUT2D eigenvalue weighted by molar-refractivity contribution is 5.82. The lowest BCUT2D eigenvalue weighted by atomic mass is 9.77. The van der Waals surface area contributed by atoms with Crippen molar-refractivity contribution in [1.29, 1.82) is 0 Å². The van der Waals surface area contributed by atoms with Crippen molar-refractivity contribution in [2.24, 2.45) is 11.8 Å². The zero-order valence-corrected chi connectivity index (χ0v) is 14.4. The van der Waals surface area contributed by atoms with Crippen LogP contribution in [0.15, 0.2) is 27.8 Å². The van der Waals surface area contributed by atoms with Crippen molar-refractivity contribution < 1.29 is 0 Å². The first-order chi connectivity index (χ1) is 10.9. The van der Waals surface area contributed by atoms with Crippen molar-refractivity contribution in [1.82, 2.24) is 0 Å². The Morgan fingerprint density at radius 3 is 2.43 bits per heavy atom. The fourth-order valence-corrected chi connectivity index (χ4v) is 3.67. The molecule has 2 aromatic rings. The lowest BCUT2D eigenvalue weighted by molar-refractivity contribution is 0.253. The van der Waals surface area contributed by atoms with Crippen LogP contribution < -0.4 is 16.2 Å². The second-order valence-corrected chi connectivity index (χ2v) is 7.23. The summed E-state index contributed by atoms with van der Waals surface area (Å²) in [6.07, 6.45) is 3.49. The standard InChI is InChI=1S/C20H25NO2/c1-11-8-9-15(10-13(11)3)17-18(20(23)19(17)22)21-16-7-5-6-12(2)14(16)4/h8-10,12,14,16,21H,5-7H2,1-4H3/t12-,14+,16+/m0/s1. The van der Waals surface area contributed by atoms with Crippen LogP contribution in [0.3, 0.4) is 0 Å². The number of benzene rings is 1. The zero-order valence-electron chi connectivity index (χ0n) is 14.4. The number of hydrogen-bond donors (Lipinski definition) is 1. The minimum absolute atomic E-state index is 0.285. The van der Waals surface area contributed by atoms with Gasteiger partial charge in [0, 0.05) is 6.04 Å². The average molecular weight is 311 g/mol. The molecular formula is C20H25NO2. The van der Waals surface area contributed by atoms with Crippen molar-refractivity contribution in [3.63, 3.8) is 0 Å². The van der Waals surface area contributed by atoms with Crippen LogP contribution in [-0.2, 0) is 0 Å². The molecule has 0 aliphatic heterocycles. The molecule has 1 aliphatic rings. The molecule has 1 aliphatic carbocycles. The van der Waals surface area contributed by atoms with Crippen LogP contribution >= 0.6 is 0 Å². The van der Waals surface area contributed by atoms with E-state index in [-0.39, 0.29) is 16.9 Å². The molecule has 0 aromatic heterocycles. The monoisotopic (exact) mass is 311 g/mol. The van der Waals surface area contributed by atoms with Crippen molar-refractivity contribution in [3.05, 3.63) is 49.8 Å². The first kappa shape index (κ1) is 16.0. The molecule has 3 atom stereocenters. The molecular weight excluding hydrogens is 286 g/mol. The van der Waals surface area contributed by atoms with E-state index in [1.54, 1.807) is 0 Å². The molecule has 1 N–H and O–H groups in total. The maximum absolute atomic E-state index is 12.1. The lowest BCUT2D eigenvalue weighted by Gasteiger charge is -2.35. The maximum Gasteiger partial charge on any atom is 0.250 e. The lowest BCUT2D eigenvalue weighted by Crippen LogP contribution is -2.42. The maximum atomic E-state index is 12.1. The highest BCUT2D eigenvalue weighted by Gasteiger charge is 2.30. The Balaban J connectivity index is 1.92. The summed E-state index contributed by atoms with van der Waals surface area (Å²) in [4.78, 5) is 24.2. The SMILES string of the molecule is Cc1ccc(-c2c(N[C@@H]3CCC[C@H](C)[C@H]3C)c(=O)c2=O)cc1C. The fraction of sp³-hybridized carbons (Fsp3) is 0.500. The van der Waals surface area contributed by atoms with Gasteiger partial charge in [-0.1, -0.05) is 44.9 Å². The largest absolute Gasteiger partial charge is 0.378 e. The first-order valence-corrected chi connectivity index (χ1v) is 8.57. The van der Waals surface area contributed by atoms with E-state index in [1.807, 2.05) is 32.0 Å². The van der Waals surface area contributed by atoms with Crippen LogP contribution in [0.1, 0.15) is 44.2 Å². The van der Waals surface area contributed by atoms with Gasteiger partial charge in [0.15, 0.2) is 0 Å². The van der Waals surface area contributed by atoms with E-state index in [9.17, 15) is 9.59 Å². The van der Waals surface area contributed by atoms with E-state index < -0.39 is 0 Å². The van der Waals surface area contributed by atoms with Crippen LogP contribution in [0.2, 0.25) is 0 Å². The van der Waals surface area contributed by atoms with Crippen LogP contribution in [0.4, 0.5) is 5.69 Å². The number of anilines is 1. The summed E-state index contributed by atoms with van der Waals surface area (Å²) < 4.78 is 0. The number of hydrogen-bond acceptors (Lipinski definition) is 3. The minimum atomic E-state index is -0.358. The van der Waals surface area contributed by atoms with Crippen LogP contribution in [0.5, 0.6) is 0 Å². The van der Waals surface area contributed by atoms with Crippen molar-refractivity contribution in [3.8, 4) is 11.1 Å². The second kappa shape index (κ2) is 5.95. The third kappa shape index (κ3) is 2.73. The Morgan fingerprint density at radius 1 is 1.00 bits per heavy atom. The predicted octanol–water partition coefficient (Wildman–Crippen LogP) is 3.80. The number of aryl methyl sites for hydroxylation is 2.